The Balaban J connectivity index is 0.00000156. The van der Waals surface area contributed by atoms with Gasteiger partial charge in [0.1, 0.15) is 16.5 Å². The van der Waals surface area contributed by atoms with Crippen LogP contribution in [0.1, 0.15) is 16.9 Å². The van der Waals surface area contributed by atoms with Gasteiger partial charge in [-0.1, -0.05) is 0 Å². The van der Waals surface area contributed by atoms with Crippen molar-refractivity contribution in [2.24, 2.45) is 5.92 Å². The van der Waals surface area contributed by atoms with E-state index >= 15 is 0 Å². The predicted octanol–water partition coefficient (Wildman–Crippen LogP) is 3.34. The van der Waals surface area contributed by atoms with Crippen LogP contribution < -0.4 is 10.1 Å². The molecule has 1 fully saturated rings. The fourth-order valence-electron chi connectivity index (χ4n) is 2.87. The SMILES string of the molecule is CNCC1CCN(C(=O)c2csc(-c3ccc(OC)cc3)n2)C1.Cl.Cl. The van der Waals surface area contributed by atoms with Gasteiger partial charge in [0, 0.05) is 24.0 Å². The van der Waals surface area contributed by atoms with Gasteiger partial charge in [0.25, 0.3) is 5.91 Å². The molecule has 5 nitrogen and oxygen atoms in total. The summed E-state index contributed by atoms with van der Waals surface area (Å²) in [6.45, 7) is 2.59. The van der Waals surface area contributed by atoms with Crippen molar-refractivity contribution in [1.29, 1.82) is 0 Å². The lowest BCUT2D eigenvalue weighted by molar-refractivity contribution is 0.0782. The van der Waals surface area contributed by atoms with Gasteiger partial charge in [0.2, 0.25) is 0 Å². The molecule has 2 aromatic rings. The number of hydrogen-bond donors (Lipinski definition) is 1. The van der Waals surface area contributed by atoms with Crippen LogP contribution >= 0.6 is 36.2 Å². The number of halogens is 2. The predicted molar refractivity (Wildman–Crippen MR) is 107 cm³/mol. The Morgan fingerprint density at radius 1 is 1.36 bits per heavy atom. The molecular formula is C17H23Cl2N3O2S. The van der Waals surface area contributed by atoms with Crippen molar-refractivity contribution in [3.8, 4) is 16.3 Å². The fourth-order valence-corrected chi connectivity index (χ4v) is 3.67. The van der Waals surface area contributed by atoms with Crippen molar-refractivity contribution in [2.45, 2.75) is 6.42 Å². The van der Waals surface area contributed by atoms with E-state index in [1.807, 2.05) is 41.6 Å². The van der Waals surface area contributed by atoms with E-state index in [4.69, 9.17) is 4.74 Å². The van der Waals surface area contributed by atoms with Crippen LogP contribution in [0.25, 0.3) is 10.6 Å². The van der Waals surface area contributed by atoms with Crippen molar-refractivity contribution >= 4 is 42.1 Å². The van der Waals surface area contributed by atoms with E-state index in [0.717, 1.165) is 42.4 Å². The maximum absolute atomic E-state index is 12.6. The van der Waals surface area contributed by atoms with Crippen LogP contribution in [-0.2, 0) is 0 Å². The molecule has 1 aromatic carbocycles. The van der Waals surface area contributed by atoms with Gasteiger partial charge in [-0.05, 0) is 50.2 Å². The van der Waals surface area contributed by atoms with E-state index in [0.29, 0.717) is 11.6 Å². The number of hydrogen-bond acceptors (Lipinski definition) is 5. The molecule has 138 valence electrons. The number of carbonyl (C=O) groups is 1. The molecule has 1 aliphatic heterocycles. The lowest BCUT2D eigenvalue weighted by Crippen LogP contribution is -2.30. The zero-order valence-corrected chi connectivity index (χ0v) is 16.7. The van der Waals surface area contributed by atoms with Crippen LogP contribution in [0.2, 0.25) is 0 Å². The van der Waals surface area contributed by atoms with E-state index < -0.39 is 0 Å². The van der Waals surface area contributed by atoms with Crippen LogP contribution in [0.3, 0.4) is 0 Å². The fraction of sp³-hybridized carbons (Fsp3) is 0.412. The number of rotatable bonds is 5. The van der Waals surface area contributed by atoms with E-state index in [-0.39, 0.29) is 30.7 Å². The zero-order valence-electron chi connectivity index (χ0n) is 14.2. The molecule has 1 N–H and O–H groups in total. The smallest absolute Gasteiger partial charge is 0.273 e. The number of benzene rings is 1. The number of nitrogens with one attached hydrogen (secondary N) is 1. The standard InChI is InChI=1S/C17H21N3O2S.2ClH/c1-18-9-12-7-8-20(10-12)17(21)15-11-23-16(19-15)13-3-5-14(22-2)6-4-13;;/h3-6,11-12,18H,7-10H2,1-2H3;2*1H. The normalized spacial score (nSPS) is 16.1. The van der Waals surface area contributed by atoms with E-state index in [1.54, 1.807) is 7.11 Å². The highest BCUT2D eigenvalue weighted by atomic mass is 35.5. The highest BCUT2D eigenvalue weighted by Crippen LogP contribution is 2.27. The summed E-state index contributed by atoms with van der Waals surface area (Å²) in [5, 5.41) is 5.90. The summed E-state index contributed by atoms with van der Waals surface area (Å²) >= 11 is 1.50. The second-order valence-corrected chi connectivity index (χ2v) is 6.59. The maximum atomic E-state index is 12.6. The van der Waals surface area contributed by atoms with Gasteiger partial charge in [-0.3, -0.25) is 4.79 Å². The first-order valence-electron chi connectivity index (χ1n) is 7.75. The molecule has 1 unspecified atom stereocenters. The average molecular weight is 404 g/mol. The number of aromatic nitrogens is 1. The van der Waals surface area contributed by atoms with Crippen molar-refractivity contribution in [3.63, 3.8) is 0 Å². The van der Waals surface area contributed by atoms with Gasteiger partial charge in [-0.2, -0.15) is 0 Å². The average Bonchev–Trinajstić information content (AvgIpc) is 3.24. The Bertz CT molecular complexity index is 679. The highest BCUT2D eigenvalue weighted by Gasteiger charge is 2.27. The summed E-state index contributed by atoms with van der Waals surface area (Å²) in [4.78, 5) is 19.0. The van der Waals surface area contributed by atoms with Crippen molar-refractivity contribution in [1.82, 2.24) is 15.2 Å². The number of amides is 1. The monoisotopic (exact) mass is 403 g/mol. The van der Waals surface area contributed by atoms with E-state index in [9.17, 15) is 4.79 Å². The van der Waals surface area contributed by atoms with Crippen LogP contribution in [-0.4, -0.2) is 49.6 Å². The molecule has 8 heteroatoms. The molecule has 0 radical (unpaired) electrons. The molecule has 1 amide bonds. The third kappa shape index (κ3) is 5.07. The first-order valence-corrected chi connectivity index (χ1v) is 8.63. The van der Waals surface area contributed by atoms with Gasteiger partial charge < -0.3 is 15.0 Å². The molecule has 1 aliphatic rings. The molecule has 0 spiro atoms. The van der Waals surface area contributed by atoms with Crippen LogP contribution in [0.5, 0.6) is 5.75 Å². The second-order valence-electron chi connectivity index (χ2n) is 5.73. The first-order chi connectivity index (χ1) is 11.2. The number of thiazole rings is 1. The largest absolute Gasteiger partial charge is 0.497 e. The maximum Gasteiger partial charge on any atom is 0.273 e. The van der Waals surface area contributed by atoms with Gasteiger partial charge in [-0.15, -0.1) is 36.2 Å². The van der Waals surface area contributed by atoms with Crippen molar-refractivity contribution in [3.05, 3.63) is 35.3 Å². The summed E-state index contributed by atoms with van der Waals surface area (Å²) in [7, 11) is 3.60. The van der Waals surface area contributed by atoms with Gasteiger partial charge in [0.05, 0.1) is 7.11 Å². The van der Waals surface area contributed by atoms with Crippen LogP contribution in [0.15, 0.2) is 29.6 Å². The van der Waals surface area contributed by atoms with E-state index in [2.05, 4.69) is 10.3 Å². The minimum absolute atomic E-state index is 0. The Morgan fingerprint density at radius 2 is 2.08 bits per heavy atom. The number of methoxy groups -OCH3 is 1. The topological polar surface area (TPSA) is 54.5 Å². The lowest BCUT2D eigenvalue weighted by Gasteiger charge is -2.15. The Hall–Kier alpha value is -1.34. The van der Waals surface area contributed by atoms with Gasteiger partial charge in [-0.25, -0.2) is 4.98 Å². The molecule has 1 atom stereocenters. The molecule has 2 heterocycles. The Morgan fingerprint density at radius 3 is 2.72 bits per heavy atom. The molecule has 0 bridgehead atoms. The molecule has 0 saturated carbocycles. The van der Waals surface area contributed by atoms with Gasteiger partial charge in [0.15, 0.2) is 0 Å². The molecule has 1 saturated heterocycles. The second kappa shape index (κ2) is 9.97. The number of carbonyl (C=O) groups excluding carboxylic acids is 1. The van der Waals surface area contributed by atoms with Gasteiger partial charge >= 0.3 is 0 Å². The first kappa shape index (κ1) is 21.7. The number of likely N-dealkylation sites (tertiary alicyclic amines) is 1. The third-order valence-corrected chi connectivity index (χ3v) is 5.02. The van der Waals surface area contributed by atoms with Crippen molar-refractivity contribution in [2.75, 3.05) is 33.8 Å². The summed E-state index contributed by atoms with van der Waals surface area (Å²) < 4.78 is 5.16. The molecule has 1 aromatic heterocycles. The summed E-state index contributed by atoms with van der Waals surface area (Å²) in [6, 6.07) is 7.73. The Kier molecular flexibility index (Phi) is 8.65. The zero-order chi connectivity index (χ0) is 16.2. The quantitative estimate of drug-likeness (QED) is 0.831. The molecular weight excluding hydrogens is 381 g/mol. The van der Waals surface area contributed by atoms with E-state index in [1.165, 1.54) is 11.3 Å². The van der Waals surface area contributed by atoms with Crippen molar-refractivity contribution < 1.29 is 9.53 Å². The van der Waals surface area contributed by atoms with Crippen LogP contribution in [0, 0.1) is 5.92 Å². The Labute approximate surface area is 164 Å². The highest BCUT2D eigenvalue weighted by molar-refractivity contribution is 7.13. The third-order valence-electron chi connectivity index (χ3n) is 4.13. The number of nitrogens with zero attached hydrogens (tertiary/aromatic N) is 2. The minimum atomic E-state index is 0. The summed E-state index contributed by atoms with van der Waals surface area (Å²) in [5.41, 5.74) is 1.55. The summed E-state index contributed by atoms with van der Waals surface area (Å²) in [5.74, 6) is 1.40. The molecule has 3 rings (SSSR count). The minimum Gasteiger partial charge on any atom is -0.497 e. The molecule has 0 aliphatic carbocycles. The molecule has 25 heavy (non-hydrogen) atoms. The lowest BCUT2D eigenvalue weighted by atomic mass is 10.1. The number of ether oxygens (including phenoxy) is 1. The van der Waals surface area contributed by atoms with Crippen LogP contribution in [0.4, 0.5) is 0 Å². The summed E-state index contributed by atoms with van der Waals surface area (Å²) in [6.07, 6.45) is 1.06.